The normalized spacial score (nSPS) is 31.9. The van der Waals surface area contributed by atoms with Crippen LogP contribution in [0, 0.1) is 23.7 Å². The maximum atomic E-state index is 2.51. The minimum Gasteiger partial charge on any atom is -0.346 e. The molecule has 0 aromatic heterocycles. The fraction of sp³-hybridized carbons (Fsp3) is 0.857. The zero-order valence-corrected chi connectivity index (χ0v) is 11.1. The van der Waals surface area contributed by atoms with Crippen LogP contribution >= 0.6 is 0 Å². The average molecular weight is 210 g/mol. The second-order valence-electron chi connectivity index (χ2n) is 5.87. The zero-order chi connectivity index (χ0) is 11.4. The van der Waals surface area contributed by atoms with Gasteiger partial charge in [-0.1, -0.05) is 39.3 Å². The van der Waals surface area contributed by atoms with Crippen LogP contribution in [0.25, 0.3) is 0 Å². The predicted octanol–water partition coefficient (Wildman–Crippen LogP) is 2.44. The highest BCUT2D eigenvalue weighted by Crippen LogP contribution is 2.32. The maximum absolute atomic E-state index is 2.51. The molecule has 88 valence electrons. The molecule has 15 heavy (non-hydrogen) atoms. The van der Waals surface area contributed by atoms with E-state index in [4.69, 9.17) is 0 Å². The molecule has 1 aliphatic carbocycles. The molecule has 0 amide bonds. The predicted molar refractivity (Wildman–Crippen MR) is 66.7 cm³/mol. The number of quaternary nitrogens is 1. The van der Waals surface area contributed by atoms with Crippen molar-refractivity contribution in [1.82, 2.24) is 0 Å². The fourth-order valence-electron chi connectivity index (χ4n) is 2.89. The van der Waals surface area contributed by atoms with Crippen LogP contribution in [-0.4, -0.2) is 13.1 Å². The van der Waals surface area contributed by atoms with Crippen LogP contribution in [0.1, 0.15) is 41.0 Å². The Balaban J connectivity index is 2.40. The van der Waals surface area contributed by atoms with Gasteiger partial charge in [0.2, 0.25) is 0 Å². The van der Waals surface area contributed by atoms with Crippen LogP contribution in [0.4, 0.5) is 0 Å². The molecule has 0 radical (unpaired) electrons. The Morgan fingerprint density at radius 1 is 1.40 bits per heavy atom. The molecule has 0 saturated carbocycles. The third-order valence-corrected chi connectivity index (χ3v) is 3.67. The van der Waals surface area contributed by atoms with Gasteiger partial charge >= 0.3 is 0 Å². The fourth-order valence-corrected chi connectivity index (χ4v) is 2.89. The van der Waals surface area contributed by atoms with Crippen molar-refractivity contribution in [2.45, 2.75) is 41.0 Å². The molecular formula is C14H28N+. The summed E-state index contributed by atoms with van der Waals surface area (Å²) in [6, 6.07) is 0. The van der Waals surface area contributed by atoms with Gasteiger partial charge in [-0.2, -0.15) is 0 Å². The van der Waals surface area contributed by atoms with Crippen LogP contribution in [0.5, 0.6) is 0 Å². The molecule has 1 heteroatoms. The number of hydrogen-bond acceptors (Lipinski definition) is 0. The first-order valence-electron chi connectivity index (χ1n) is 6.49. The van der Waals surface area contributed by atoms with Gasteiger partial charge < -0.3 is 5.32 Å². The molecule has 1 nitrogen and oxygen atoms in total. The van der Waals surface area contributed by atoms with Crippen molar-refractivity contribution in [2.24, 2.45) is 23.7 Å². The molecule has 0 unspecified atom stereocenters. The highest BCUT2D eigenvalue weighted by atomic mass is 14.9. The van der Waals surface area contributed by atoms with Crippen molar-refractivity contribution < 1.29 is 5.32 Å². The van der Waals surface area contributed by atoms with Crippen LogP contribution in [0.15, 0.2) is 11.6 Å². The molecule has 2 N–H and O–H groups in total. The standard InChI is InChI=1S/C14H27N/c1-10(2)8-15-9-14-12(4)6-11(3)7-13(14)5/h6,10,12-15H,7-9H2,1-5H3/p+1/t12-,13-,14+/m0/s1. The van der Waals surface area contributed by atoms with E-state index in [1.807, 2.05) is 0 Å². The summed E-state index contributed by atoms with van der Waals surface area (Å²) in [4.78, 5) is 0. The summed E-state index contributed by atoms with van der Waals surface area (Å²) in [7, 11) is 0. The molecule has 0 heterocycles. The summed E-state index contributed by atoms with van der Waals surface area (Å²) < 4.78 is 0. The number of allylic oxidation sites excluding steroid dienone is 2. The Morgan fingerprint density at radius 3 is 2.60 bits per heavy atom. The van der Waals surface area contributed by atoms with Gasteiger partial charge in [-0.3, -0.25) is 0 Å². The van der Waals surface area contributed by atoms with Gasteiger partial charge in [0, 0.05) is 11.8 Å². The first-order valence-corrected chi connectivity index (χ1v) is 6.49. The van der Waals surface area contributed by atoms with Gasteiger partial charge in [0.15, 0.2) is 0 Å². The Bertz CT molecular complexity index is 217. The molecule has 0 saturated heterocycles. The summed E-state index contributed by atoms with van der Waals surface area (Å²) in [5.74, 6) is 3.34. The molecule has 0 fully saturated rings. The lowest BCUT2D eigenvalue weighted by molar-refractivity contribution is -0.666. The summed E-state index contributed by atoms with van der Waals surface area (Å²) in [5, 5.41) is 2.51. The van der Waals surface area contributed by atoms with Crippen LogP contribution in [-0.2, 0) is 0 Å². The molecule has 0 spiro atoms. The van der Waals surface area contributed by atoms with E-state index in [2.05, 4.69) is 46.0 Å². The Morgan fingerprint density at radius 2 is 2.07 bits per heavy atom. The maximum Gasteiger partial charge on any atom is 0.0792 e. The lowest BCUT2D eigenvalue weighted by atomic mass is 9.75. The number of nitrogens with two attached hydrogens (primary N) is 1. The van der Waals surface area contributed by atoms with Crippen molar-refractivity contribution in [2.75, 3.05) is 13.1 Å². The molecule has 0 bridgehead atoms. The van der Waals surface area contributed by atoms with E-state index >= 15 is 0 Å². The monoisotopic (exact) mass is 210 g/mol. The van der Waals surface area contributed by atoms with E-state index in [0.29, 0.717) is 0 Å². The van der Waals surface area contributed by atoms with Crippen LogP contribution in [0.2, 0.25) is 0 Å². The Hall–Kier alpha value is -0.300. The van der Waals surface area contributed by atoms with Crippen molar-refractivity contribution in [3.63, 3.8) is 0 Å². The van der Waals surface area contributed by atoms with E-state index in [1.165, 1.54) is 19.5 Å². The van der Waals surface area contributed by atoms with Gasteiger partial charge in [-0.05, 0) is 25.2 Å². The summed E-state index contributed by atoms with van der Waals surface area (Å²) in [6.07, 6.45) is 3.79. The van der Waals surface area contributed by atoms with Crippen LogP contribution in [0.3, 0.4) is 0 Å². The van der Waals surface area contributed by atoms with Crippen LogP contribution < -0.4 is 5.32 Å². The summed E-state index contributed by atoms with van der Waals surface area (Å²) in [5.41, 5.74) is 1.59. The number of hydrogen-bond donors (Lipinski definition) is 1. The lowest BCUT2D eigenvalue weighted by Gasteiger charge is -2.31. The van der Waals surface area contributed by atoms with Crippen molar-refractivity contribution in [3.8, 4) is 0 Å². The molecule has 0 aliphatic heterocycles. The Kier molecular flexibility index (Phi) is 4.85. The van der Waals surface area contributed by atoms with E-state index in [1.54, 1.807) is 5.57 Å². The van der Waals surface area contributed by atoms with E-state index in [0.717, 1.165) is 23.7 Å². The first-order chi connectivity index (χ1) is 7.00. The van der Waals surface area contributed by atoms with Gasteiger partial charge in [0.05, 0.1) is 13.1 Å². The molecular weight excluding hydrogens is 182 g/mol. The van der Waals surface area contributed by atoms with Gasteiger partial charge in [-0.15, -0.1) is 0 Å². The third kappa shape index (κ3) is 3.98. The molecule has 1 rings (SSSR count). The summed E-state index contributed by atoms with van der Waals surface area (Å²) in [6.45, 7) is 14.3. The minimum atomic E-state index is 0.775. The highest BCUT2D eigenvalue weighted by molar-refractivity contribution is 5.07. The molecule has 1 aliphatic rings. The van der Waals surface area contributed by atoms with Crippen molar-refractivity contribution in [1.29, 1.82) is 0 Å². The van der Waals surface area contributed by atoms with Gasteiger partial charge in [0.25, 0.3) is 0 Å². The van der Waals surface area contributed by atoms with E-state index < -0.39 is 0 Å². The SMILES string of the molecule is CC1=C[C@H](C)[C@@H](C[NH2+]CC(C)C)[C@@H](C)C1. The van der Waals surface area contributed by atoms with Crippen molar-refractivity contribution in [3.05, 3.63) is 11.6 Å². The largest absolute Gasteiger partial charge is 0.346 e. The lowest BCUT2D eigenvalue weighted by Crippen LogP contribution is -2.87. The molecule has 3 atom stereocenters. The van der Waals surface area contributed by atoms with E-state index in [9.17, 15) is 0 Å². The highest BCUT2D eigenvalue weighted by Gasteiger charge is 2.27. The second kappa shape index (κ2) is 5.69. The summed E-state index contributed by atoms with van der Waals surface area (Å²) >= 11 is 0. The van der Waals surface area contributed by atoms with E-state index in [-0.39, 0.29) is 0 Å². The molecule has 0 aromatic carbocycles. The minimum absolute atomic E-state index is 0.775. The quantitative estimate of drug-likeness (QED) is 0.686. The van der Waals surface area contributed by atoms with Gasteiger partial charge in [0.1, 0.15) is 0 Å². The topological polar surface area (TPSA) is 16.6 Å². The van der Waals surface area contributed by atoms with Gasteiger partial charge in [-0.25, -0.2) is 0 Å². The van der Waals surface area contributed by atoms with Crippen molar-refractivity contribution >= 4 is 0 Å². The average Bonchev–Trinajstić information content (AvgIpc) is 2.08. The molecule has 0 aromatic rings. The Labute approximate surface area is 95.3 Å². The zero-order valence-electron chi connectivity index (χ0n) is 11.1. The first kappa shape index (κ1) is 12.8. The second-order valence-corrected chi connectivity index (χ2v) is 5.87. The smallest absolute Gasteiger partial charge is 0.0792 e. The third-order valence-electron chi connectivity index (χ3n) is 3.67. The number of rotatable bonds is 4.